The van der Waals surface area contributed by atoms with E-state index in [9.17, 15) is 35.1 Å². The molecule has 17 heavy (non-hydrogen) atoms. The maximum atomic E-state index is 13.2. The zero-order valence-electron chi connectivity index (χ0n) is 7.63. The van der Waals surface area contributed by atoms with E-state index in [4.69, 9.17) is 0 Å². The zero-order valence-corrected chi connectivity index (χ0v) is 9.22. The largest absolute Gasteiger partial charge is 0.269 e. The third-order valence-electron chi connectivity index (χ3n) is 2.15. The summed E-state index contributed by atoms with van der Waals surface area (Å²) >= 11 is 1.83. The Morgan fingerprint density at radius 1 is 1.06 bits per heavy atom. The Labute approximate surface area is 98.1 Å². The topological polar surface area (TPSA) is 0 Å². The van der Waals surface area contributed by atoms with Gasteiger partial charge in [-0.25, -0.2) is 35.1 Å². The summed E-state index contributed by atoms with van der Waals surface area (Å²) in [4.78, 5) is 0. The molecule has 2 atom stereocenters. The van der Waals surface area contributed by atoms with Crippen LogP contribution in [-0.2, 0) is 0 Å². The summed E-state index contributed by atoms with van der Waals surface area (Å²) in [6, 6.07) is 0. The van der Waals surface area contributed by atoms with Gasteiger partial charge >= 0.3 is 0 Å². The van der Waals surface area contributed by atoms with Gasteiger partial charge in [0.25, 0.3) is 12.9 Å². The normalized spacial score (nSPS) is 30.9. The predicted octanol–water partition coefficient (Wildman–Crippen LogP) is 4.38. The molecule has 0 nitrogen and oxygen atoms in total. The summed E-state index contributed by atoms with van der Waals surface area (Å²) in [7, 11) is 0. The summed E-state index contributed by atoms with van der Waals surface area (Å²) in [5.41, 5.74) is -2.18. The Balaban J connectivity index is 3.45. The molecule has 1 aliphatic carbocycles. The van der Waals surface area contributed by atoms with E-state index in [1.165, 1.54) is 0 Å². The first-order valence-electron chi connectivity index (χ1n) is 4.00. The van der Waals surface area contributed by atoms with Crippen molar-refractivity contribution in [2.24, 2.45) is 0 Å². The van der Waals surface area contributed by atoms with E-state index in [1.807, 2.05) is 15.9 Å². The smallest absolute Gasteiger partial charge is 0.237 e. The minimum absolute atomic E-state index is 1.83. The molecule has 0 bridgehead atoms. The molecule has 0 spiro atoms. The van der Waals surface area contributed by atoms with Crippen LogP contribution in [0.15, 0.2) is 23.1 Å². The Morgan fingerprint density at radius 2 is 1.53 bits per heavy atom. The highest BCUT2D eigenvalue weighted by Gasteiger charge is 2.58. The number of hydrogen-bond acceptors (Lipinski definition) is 0. The van der Waals surface area contributed by atoms with E-state index in [0.717, 1.165) is 0 Å². The lowest BCUT2D eigenvalue weighted by Gasteiger charge is -2.32. The first-order valence-corrected chi connectivity index (χ1v) is 4.79. The van der Waals surface area contributed by atoms with Crippen molar-refractivity contribution in [2.45, 2.75) is 23.3 Å². The van der Waals surface area contributed by atoms with Crippen LogP contribution in [-0.4, -0.2) is 23.3 Å². The molecular formula is C8H3BrF8. The number of allylic oxidation sites excluding steroid dienone is 4. The van der Waals surface area contributed by atoms with Crippen molar-refractivity contribution in [3.63, 3.8) is 0 Å². The molecule has 9 heteroatoms. The fourth-order valence-corrected chi connectivity index (χ4v) is 1.60. The van der Waals surface area contributed by atoms with Gasteiger partial charge in [-0.05, 0) is 0 Å². The molecule has 0 radical (unpaired) electrons. The van der Waals surface area contributed by atoms with Gasteiger partial charge in [-0.2, -0.15) is 0 Å². The molecule has 1 aliphatic rings. The van der Waals surface area contributed by atoms with Crippen molar-refractivity contribution in [1.82, 2.24) is 0 Å². The van der Waals surface area contributed by atoms with Crippen molar-refractivity contribution >= 4 is 15.9 Å². The van der Waals surface area contributed by atoms with E-state index < -0.39 is 46.4 Å². The van der Waals surface area contributed by atoms with Gasteiger partial charge in [-0.15, -0.1) is 0 Å². The fourth-order valence-electron chi connectivity index (χ4n) is 1.23. The van der Waals surface area contributed by atoms with Gasteiger partial charge in [-0.3, -0.25) is 0 Å². The van der Waals surface area contributed by atoms with Crippen LogP contribution in [0, 0.1) is 0 Å². The Morgan fingerprint density at radius 3 is 1.88 bits per heavy atom. The molecule has 1 rings (SSSR count). The lowest BCUT2D eigenvalue weighted by atomic mass is 9.91. The molecule has 2 unspecified atom stereocenters. The summed E-state index contributed by atoms with van der Waals surface area (Å²) in [5.74, 6) is -7.45. The lowest BCUT2D eigenvalue weighted by molar-refractivity contribution is 0.0579. The van der Waals surface area contributed by atoms with Crippen LogP contribution in [0.25, 0.3) is 0 Å². The van der Waals surface area contributed by atoms with E-state index in [1.54, 1.807) is 0 Å². The summed E-state index contributed by atoms with van der Waals surface area (Å²) in [5, 5.41) is 0. The molecular weight excluding hydrogens is 328 g/mol. The molecule has 0 amide bonds. The first kappa shape index (κ1) is 14.5. The molecule has 98 valence electrons. The number of rotatable bonds is 2. The Hall–Kier alpha value is -0.600. The van der Waals surface area contributed by atoms with E-state index >= 15 is 0 Å². The lowest BCUT2D eigenvalue weighted by Crippen LogP contribution is -2.45. The van der Waals surface area contributed by atoms with Crippen LogP contribution < -0.4 is 0 Å². The predicted molar refractivity (Wildman–Crippen MR) is 45.9 cm³/mol. The molecule has 0 fully saturated rings. The molecule has 0 heterocycles. The third kappa shape index (κ3) is 1.98. The van der Waals surface area contributed by atoms with Crippen LogP contribution in [0.4, 0.5) is 35.1 Å². The zero-order chi connectivity index (χ0) is 13.5. The second-order valence-corrected chi connectivity index (χ2v) is 4.43. The molecule has 0 saturated heterocycles. The highest BCUT2D eigenvalue weighted by atomic mass is 79.9. The molecule has 0 aliphatic heterocycles. The fraction of sp³-hybridized carbons (Fsp3) is 0.500. The number of halogens is 9. The van der Waals surface area contributed by atoms with Crippen molar-refractivity contribution in [3.05, 3.63) is 23.1 Å². The van der Waals surface area contributed by atoms with Crippen LogP contribution in [0.1, 0.15) is 0 Å². The minimum Gasteiger partial charge on any atom is -0.237 e. The van der Waals surface area contributed by atoms with Gasteiger partial charge in [0.15, 0.2) is 22.1 Å². The SMILES string of the molecule is FC1=C(F)C(Br)(C(F)F)C(F)C(F)=C1C(F)F. The standard InChI is InChI=1S/C8H3BrF8/c9-8(7(16)17)4(12)2(10)1(6(14)15)3(11)5(8)13/h4,6-7H. The average molecular weight is 331 g/mol. The van der Waals surface area contributed by atoms with Gasteiger partial charge in [0.05, 0.1) is 5.57 Å². The van der Waals surface area contributed by atoms with Crippen molar-refractivity contribution in [2.75, 3.05) is 0 Å². The second-order valence-electron chi connectivity index (χ2n) is 3.12. The van der Waals surface area contributed by atoms with E-state index in [0.29, 0.717) is 0 Å². The summed E-state index contributed by atoms with van der Waals surface area (Å²) in [6.07, 6.45) is -11.2. The maximum absolute atomic E-state index is 13.2. The van der Waals surface area contributed by atoms with Crippen molar-refractivity contribution < 1.29 is 35.1 Å². The molecule has 0 aromatic rings. The highest BCUT2D eigenvalue weighted by Crippen LogP contribution is 2.50. The Bertz CT molecular complexity index is 387. The Kier molecular flexibility index (Phi) is 3.90. The van der Waals surface area contributed by atoms with Crippen molar-refractivity contribution in [3.8, 4) is 0 Å². The van der Waals surface area contributed by atoms with Gasteiger partial charge in [0.1, 0.15) is 5.83 Å². The number of alkyl halides is 6. The second kappa shape index (κ2) is 4.58. The average Bonchev–Trinajstić information content (AvgIpc) is 2.23. The summed E-state index contributed by atoms with van der Waals surface area (Å²) < 4.78 is 97.6. The van der Waals surface area contributed by atoms with Crippen LogP contribution in [0.3, 0.4) is 0 Å². The van der Waals surface area contributed by atoms with E-state index in [-0.39, 0.29) is 0 Å². The molecule has 0 aromatic heterocycles. The van der Waals surface area contributed by atoms with Gasteiger partial charge in [0, 0.05) is 0 Å². The quantitative estimate of drug-likeness (QED) is 0.521. The highest BCUT2D eigenvalue weighted by molar-refractivity contribution is 9.10. The van der Waals surface area contributed by atoms with Gasteiger partial charge < -0.3 is 0 Å². The number of hydrogen-bond donors (Lipinski definition) is 0. The maximum Gasteiger partial charge on any atom is 0.269 e. The van der Waals surface area contributed by atoms with Crippen LogP contribution in [0.2, 0.25) is 0 Å². The first-order chi connectivity index (χ1) is 7.65. The minimum atomic E-state index is -3.87. The van der Waals surface area contributed by atoms with Crippen LogP contribution in [0.5, 0.6) is 0 Å². The monoisotopic (exact) mass is 330 g/mol. The molecule has 0 aromatic carbocycles. The summed E-state index contributed by atoms with van der Waals surface area (Å²) in [6.45, 7) is 0. The van der Waals surface area contributed by atoms with Crippen LogP contribution >= 0.6 is 15.9 Å². The van der Waals surface area contributed by atoms with Gasteiger partial charge in [0.2, 0.25) is 0 Å². The molecule has 0 N–H and O–H groups in total. The van der Waals surface area contributed by atoms with Crippen molar-refractivity contribution in [1.29, 1.82) is 0 Å². The van der Waals surface area contributed by atoms with E-state index in [2.05, 4.69) is 0 Å². The van der Waals surface area contributed by atoms with Gasteiger partial charge in [-0.1, -0.05) is 15.9 Å². The molecule has 0 saturated carbocycles. The third-order valence-corrected chi connectivity index (χ3v) is 3.25.